The zero-order chi connectivity index (χ0) is 16.6. The molecule has 1 amide bonds. The van der Waals surface area contributed by atoms with E-state index in [1.54, 1.807) is 10.9 Å². The third-order valence-electron chi connectivity index (χ3n) is 3.34. The van der Waals surface area contributed by atoms with Crippen LogP contribution in [0.4, 0.5) is 0 Å². The molecule has 0 radical (unpaired) electrons. The normalized spacial score (nSPS) is 10.3. The van der Waals surface area contributed by atoms with Crippen molar-refractivity contribution in [3.05, 3.63) is 67.0 Å². The minimum atomic E-state index is -0.157. The molecule has 0 bridgehead atoms. The Labute approximate surface area is 140 Å². The second-order valence-corrected chi connectivity index (χ2v) is 5.13. The van der Waals surface area contributed by atoms with Crippen molar-refractivity contribution in [1.82, 2.24) is 20.1 Å². The summed E-state index contributed by atoms with van der Waals surface area (Å²) in [5.74, 6) is 0.524. The number of nitrogens with zero attached hydrogens (tertiary/aromatic N) is 3. The molecule has 2 heterocycles. The zero-order valence-electron chi connectivity index (χ0n) is 13.1. The number of carbonyl (C=O) groups excluding carboxylic acids is 1. The van der Waals surface area contributed by atoms with E-state index in [4.69, 9.17) is 4.74 Å². The van der Waals surface area contributed by atoms with Crippen LogP contribution < -0.4 is 10.1 Å². The molecule has 0 saturated carbocycles. The number of aromatic nitrogens is 3. The number of amides is 1. The summed E-state index contributed by atoms with van der Waals surface area (Å²) in [5.41, 5.74) is 1.64. The molecule has 3 rings (SSSR count). The number of para-hydroxylation sites is 1. The molecule has 1 N–H and O–H groups in total. The van der Waals surface area contributed by atoms with Crippen molar-refractivity contribution in [2.45, 2.75) is 6.54 Å². The monoisotopic (exact) mass is 322 g/mol. The van der Waals surface area contributed by atoms with Gasteiger partial charge >= 0.3 is 0 Å². The number of ether oxygens (including phenoxy) is 1. The van der Waals surface area contributed by atoms with Gasteiger partial charge < -0.3 is 10.1 Å². The van der Waals surface area contributed by atoms with Crippen molar-refractivity contribution in [1.29, 1.82) is 0 Å². The van der Waals surface area contributed by atoms with E-state index in [-0.39, 0.29) is 12.5 Å². The summed E-state index contributed by atoms with van der Waals surface area (Å²) in [6.45, 7) is 1.08. The average Bonchev–Trinajstić information content (AvgIpc) is 3.11. The fourth-order valence-electron chi connectivity index (χ4n) is 2.16. The van der Waals surface area contributed by atoms with Crippen LogP contribution in [0, 0.1) is 0 Å². The molecule has 0 fully saturated rings. The van der Waals surface area contributed by atoms with E-state index in [0.29, 0.717) is 18.8 Å². The van der Waals surface area contributed by atoms with E-state index in [9.17, 15) is 4.79 Å². The number of hydrogen-bond acceptors (Lipinski definition) is 4. The fraction of sp³-hybridized carbons (Fsp3) is 0.167. The molecule has 0 atom stereocenters. The van der Waals surface area contributed by atoms with Crippen LogP contribution in [-0.2, 0) is 11.3 Å². The summed E-state index contributed by atoms with van der Waals surface area (Å²) < 4.78 is 7.17. The number of rotatable bonds is 7. The summed E-state index contributed by atoms with van der Waals surface area (Å²) in [6.07, 6.45) is 3.61. The van der Waals surface area contributed by atoms with Crippen LogP contribution >= 0.6 is 0 Å². The van der Waals surface area contributed by atoms with Gasteiger partial charge in [0.05, 0.1) is 12.2 Å². The van der Waals surface area contributed by atoms with E-state index in [1.165, 1.54) is 0 Å². The van der Waals surface area contributed by atoms with Gasteiger partial charge in [-0.15, -0.1) is 0 Å². The first-order valence-corrected chi connectivity index (χ1v) is 7.71. The van der Waals surface area contributed by atoms with Gasteiger partial charge in [0.1, 0.15) is 11.4 Å². The highest BCUT2D eigenvalue weighted by molar-refractivity contribution is 5.77. The van der Waals surface area contributed by atoms with Crippen molar-refractivity contribution in [3.63, 3.8) is 0 Å². The molecule has 2 aromatic heterocycles. The van der Waals surface area contributed by atoms with Gasteiger partial charge in [0.25, 0.3) is 5.91 Å². The lowest BCUT2D eigenvalue weighted by Crippen LogP contribution is -2.31. The standard InChI is InChI=1S/C18H18N4O2/c23-18(14-24-15-6-2-1-3-7-15)20-11-13-22-12-9-17(21-22)16-8-4-5-10-19-16/h1-10,12H,11,13-14H2,(H,20,23). The maximum Gasteiger partial charge on any atom is 0.258 e. The molecule has 0 aliphatic rings. The summed E-state index contributed by atoms with van der Waals surface area (Å²) in [7, 11) is 0. The first-order chi connectivity index (χ1) is 11.8. The molecule has 6 nitrogen and oxygen atoms in total. The highest BCUT2D eigenvalue weighted by Crippen LogP contribution is 2.12. The van der Waals surface area contributed by atoms with Crippen molar-refractivity contribution in [2.24, 2.45) is 0 Å². The van der Waals surface area contributed by atoms with Crippen molar-refractivity contribution in [3.8, 4) is 17.1 Å². The first kappa shape index (κ1) is 15.7. The molecule has 0 unspecified atom stereocenters. The van der Waals surface area contributed by atoms with E-state index in [0.717, 1.165) is 11.4 Å². The minimum Gasteiger partial charge on any atom is -0.484 e. The van der Waals surface area contributed by atoms with Gasteiger partial charge in [0.15, 0.2) is 6.61 Å². The van der Waals surface area contributed by atoms with E-state index in [2.05, 4.69) is 15.4 Å². The van der Waals surface area contributed by atoms with Gasteiger partial charge in [-0.05, 0) is 30.3 Å². The lowest BCUT2D eigenvalue weighted by atomic mass is 10.3. The second kappa shape index (κ2) is 7.92. The van der Waals surface area contributed by atoms with Crippen LogP contribution in [0.1, 0.15) is 0 Å². The number of hydrogen-bond donors (Lipinski definition) is 1. The van der Waals surface area contributed by atoms with Gasteiger partial charge in [-0.3, -0.25) is 14.5 Å². The Morgan fingerprint density at radius 2 is 1.88 bits per heavy atom. The van der Waals surface area contributed by atoms with Crippen LogP contribution in [0.2, 0.25) is 0 Å². The Balaban J connectivity index is 1.42. The largest absolute Gasteiger partial charge is 0.484 e. The molecule has 3 aromatic rings. The maximum atomic E-state index is 11.8. The predicted octanol–water partition coefficient (Wildman–Crippen LogP) is 2.14. The topological polar surface area (TPSA) is 69.0 Å². The molecule has 0 aliphatic carbocycles. The Morgan fingerprint density at radius 3 is 2.67 bits per heavy atom. The Hall–Kier alpha value is -3.15. The van der Waals surface area contributed by atoms with Crippen molar-refractivity contribution in [2.75, 3.05) is 13.2 Å². The Bertz CT molecular complexity index is 772. The maximum absolute atomic E-state index is 11.8. The summed E-state index contributed by atoms with van der Waals surface area (Å²) in [5, 5.41) is 7.25. The summed E-state index contributed by atoms with van der Waals surface area (Å²) >= 11 is 0. The van der Waals surface area contributed by atoms with Crippen molar-refractivity contribution >= 4 is 5.91 Å². The van der Waals surface area contributed by atoms with Gasteiger partial charge in [-0.25, -0.2) is 0 Å². The van der Waals surface area contributed by atoms with Crippen molar-refractivity contribution < 1.29 is 9.53 Å². The first-order valence-electron chi connectivity index (χ1n) is 7.71. The minimum absolute atomic E-state index is 0.00229. The van der Waals surface area contributed by atoms with Crippen LogP contribution in [0.5, 0.6) is 5.75 Å². The van der Waals surface area contributed by atoms with E-state index < -0.39 is 0 Å². The molecule has 0 aliphatic heterocycles. The van der Waals surface area contributed by atoms with E-state index >= 15 is 0 Å². The van der Waals surface area contributed by atoms with Crippen LogP contribution in [0.15, 0.2) is 67.0 Å². The fourth-order valence-corrected chi connectivity index (χ4v) is 2.16. The molecule has 1 aromatic carbocycles. The number of pyridine rings is 1. The smallest absolute Gasteiger partial charge is 0.258 e. The molecule has 0 spiro atoms. The van der Waals surface area contributed by atoms with Crippen LogP contribution in [0.25, 0.3) is 11.4 Å². The SMILES string of the molecule is O=C(COc1ccccc1)NCCn1ccc(-c2ccccn2)n1. The van der Waals surface area contributed by atoms with Gasteiger partial charge in [-0.2, -0.15) is 5.10 Å². The Kier molecular flexibility index (Phi) is 5.19. The number of benzene rings is 1. The third kappa shape index (κ3) is 4.42. The average molecular weight is 322 g/mol. The quantitative estimate of drug-likeness (QED) is 0.723. The van der Waals surface area contributed by atoms with Crippen LogP contribution in [0.3, 0.4) is 0 Å². The Morgan fingerprint density at radius 1 is 1.04 bits per heavy atom. The lowest BCUT2D eigenvalue weighted by Gasteiger charge is -2.07. The molecular weight excluding hydrogens is 304 g/mol. The second-order valence-electron chi connectivity index (χ2n) is 5.13. The van der Waals surface area contributed by atoms with Crippen LogP contribution in [-0.4, -0.2) is 33.8 Å². The van der Waals surface area contributed by atoms with Gasteiger partial charge in [0, 0.05) is 18.9 Å². The third-order valence-corrected chi connectivity index (χ3v) is 3.34. The molecule has 6 heteroatoms. The highest BCUT2D eigenvalue weighted by Gasteiger charge is 2.05. The summed E-state index contributed by atoms with van der Waals surface area (Å²) in [6, 6.07) is 16.9. The lowest BCUT2D eigenvalue weighted by molar-refractivity contribution is -0.123. The number of carbonyl (C=O) groups is 1. The van der Waals surface area contributed by atoms with Gasteiger partial charge in [-0.1, -0.05) is 24.3 Å². The molecule has 24 heavy (non-hydrogen) atoms. The summed E-state index contributed by atoms with van der Waals surface area (Å²) in [4.78, 5) is 16.0. The molecule has 0 saturated heterocycles. The number of nitrogens with one attached hydrogen (secondary N) is 1. The zero-order valence-corrected chi connectivity index (χ0v) is 13.1. The highest BCUT2D eigenvalue weighted by atomic mass is 16.5. The van der Waals surface area contributed by atoms with E-state index in [1.807, 2.05) is 60.8 Å². The molecular formula is C18H18N4O2. The molecule has 122 valence electrons. The van der Waals surface area contributed by atoms with Gasteiger partial charge in [0.2, 0.25) is 0 Å². The predicted molar refractivity (Wildman–Crippen MR) is 90.4 cm³/mol.